The van der Waals surface area contributed by atoms with Crippen LogP contribution in [0.5, 0.6) is 0 Å². The molecule has 0 bridgehead atoms. The topological polar surface area (TPSA) is 51.6 Å². The second-order valence-corrected chi connectivity index (χ2v) is 11.8. The summed E-state index contributed by atoms with van der Waals surface area (Å²) in [7, 11) is 0. The lowest BCUT2D eigenvalue weighted by molar-refractivity contribution is 1.32. The highest BCUT2D eigenvalue weighted by atomic mass is 32.2. The summed E-state index contributed by atoms with van der Waals surface area (Å²) in [5.41, 5.74) is 4.72. The predicted molar refractivity (Wildman–Crippen MR) is 148 cm³/mol. The maximum atomic E-state index is 4.21. The second kappa shape index (κ2) is 9.84. The van der Waals surface area contributed by atoms with Crippen LogP contribution in [-0.4, -0.2) is 19.9 Å². The molecule has 0 aromatic carbocycles. The standard InChI is InChI=1S/C26H16N4S4/c1-9-27-10-2-17(1)21-22(18-3-11-28-12-4-18)32-25(31-21)26-33-23(19-5-13-29-14-6-19)24(34-26)20-7-15-30-16-8-20/h1-16H. The average molecular weight is 513 g/mol. The van der Waals surface area contributed by atoms with E-state index in [0.29, 0.717) is 0 Å². The maximum absolute atomic E-state index is 4.21. The Balaban J connectivity index is 1.41. The van der Waals surface area contributed by atoms with Crippen LogP contribution in [0.15, 0.2) is 107 Å². The van der Waals surface area contributed by atoms with Crippen molar-refractivity contribution in [3.8, 4) is 0 Å². The van der Waals surface area contributed by atoms with Crippen molar-refractivity contribution in [2.75, 3.05) is 0 Å². The molecule has 4 aromatic heterocycles. The predicted octanol–water partition coefficient (Wildman–Crippen LogP) is 7.71. The molecule has 0 aliphatic carbocycles. The summed E-state index contributed by atoms with van der Waals surface area (Å²) in [6, 6.07) is 16.6. The van der Waals surface area contributed by atoms with Gasteiger partial charge in [-0.3, -0.25) is 19.9 Å². The van der Waals surface area contributed by atoms with E-state index in [4.69, 9.17) is 0 Å². The molecule has 0 fully saturated rings. The van der Waals surface area contributed by atoms with E-state index >= 15 is 0 Å². The molecule has 0 radical (unpaired) electrons. The Hall–Kier alpha value is -2.78. The van der Waals surface area contributed by atoms with Gasteiger partial charge in [-0.05, 0) is 70.8 Å². The third-order valence-corrected chi connectivity index (χ3v) is 11.0. The minimum atomic E-state index is 1.18. The van der Waals surface area contributed by atoms with Crippen molar-refractivity contribution in [3.63, 3.8) is 0 Å². The van der Waals surface area contributed by atoms with Gasteiger partial charge in [0, 0.05) is 69.2 Å². The third-order valence-electron chi connectivity index (χ3n) is 5.13. The first kappa shape index (κ1) is 21.7. The van der Waals surface area contributed by atoms with Gasteiger partial charge in [-0.2, -0.15) is 0 Å². The Labute approximate surface area is 214 Å². The molecule has 0 saturated carbocycles. The Morgan fingerprint density at radius 2 is 0.529 bits per heavy atom. The summed E-state index contributed by atoms with van der Waals surface area (Å²) in [5.74, 6) is 0. The summed E-state index contributed by atoms with van der Waals surface area (Å²) in [6.07, 6.45) is 14.8. The lowest BCUT2D eigenvalue weighted by Crippen LogP contribution is -1.83. The normalized spacial score (nSPS) is 16.0. The number of pyridine rings is 4. The zero-order valence-electron chi connectivity index (χ0n) is 17.7. The van der Waals surface area contributed by atoms with E-state index in [2.05, 4.69) is 68.5 Å². The minimum absolute atomic E-state index is 1.18. The summed E-state index contributed by atoms with van der Waals surface area (Å²) in [5, 5.41) is 0. The highest BCUT2D eigenvalue weighted by Crippen LogP contribution is 2.66. The molecule has 4 nitrogen and oxygen atoms in total. The molecule has 0 amide bonds. The molecular formula is C26H16N4S4. The van der Waals surface area contributed by atoms with E-state index < -0.39 is 0 Å². The zero-order valence-corrected chi connectivity index (χ0v) is 20.9. The Morgan fingerprint density at radius 1 is 0.324 bits per heavy atom. The number of aromatic nitrogens is 4. The van der Waals surface area contributed by atoms with E-state index in [9.17, 15) is 0 Å². The van der Waals surface area contributed by atoms with Crippen LogP contribution in [0.3, 0.4) is 0 Å². The van der Waals surface area contributed by atoms with E-state index in [1.165, 1.54) is 50.3 Å². The molecule has 6 rings (SSSR count). The first-order valence-corrected chi connectivity index (χ1v) is 13.7. The molecule has 0 unspecified atom stereocenters. The van der Waals surface area contributed by atoms with Crippen molar-refractivity contribution in [1.29, 1.82) is 0 Å². The summed E-state index contributed by atoms with van der Waals surface area (Å²) < 4.78 is 2.59. The first-order valence-electron chi connectivity index (χ1n) is 10.4. The maximum Gasteiger partial charge on any atom is 0.0707 e. The van der Waals surface area contributed by atoms with Crippen molar-refractivity contribution in [2.24, 2.45) is 0 Å². The summed E-state index contributed by atoms with van der Waals surface area (Å²) in [4.78, 5) is 21.9. The molecule has 4 aromatic rings. The number of rotatable bonds is 4. The van der Waals surface area contributed by atoms with Gasteiger partial charge in [0.1, 0.15) is 0 Å². The molecular weight excluding hydrogens is 497 g/mol. The molecule has 8 heteroatoms. The van der Waals surface area contributed by atoms with Crippen molar-refractivity contribution in [3.05, 3.63) is 129 Å². The van der Waals surface area contributed by atoms with Crippen LogP contribution in [0, 0.1) is 0 Å². The van der Waals surface area contributed by atoms with E-state index in [1.54, 1.807) is 0 Å². The van der Waals surface area contributed by atoms with Gasteiger partial charge in [0.2, 0.25) is 0 Å². The van der Waals surface area contributed by atoms with Crippen molar-refractivity contribution in [2.45, 2.75) is 0 Å². The van der Waals surface area contributed by atoms with Gasteiger partial charge in [0.15, 0.2) is 0 Å². The lowest BCUT2D eigenvalue weighted by Gasteiger charge is -2.05. The Bertz CT molecular complexity index is 1200. The minimum Gasteiger partial charge on any atom is -0.265 e. The quantitative estimate of drug-likeness (QED) is 0.276. The summed E-state index contributed by atoms with van der Waals surface area (Å²) in [6.45, 7) is 0. The fourth-order valence-corrected chi connectivity index (χ4v) is 9.30. The van der Waals surface area contributed by atoms with Crippen LogP contribution >= 0.6 is 47.0 Å². The number of hydrogen-bond acceptors (Lipinski definition) is 8. The smallest absolute Gasteiger partial charge is 0.0707 e. The SMILES string of the molecule is c1cc(C2=C(c3ccncc3)SC(=C3SC(c4ccncc4)=C(c4ccncc4)S3)S2)ccn1. The molecule has 34 heavy (non-hydrogen) atoms. The summed E-state index contributed by atoms with van der Waals surface area (Å²) >= 11 is 7.36. The van der Waals surface area contributed by atoms with Gasteiger partial charge < -0.3 is 0 Å². The van der Waals surface area contributed by atoms with Crippen LogP contribution in [-0.2, 0) is 0 Å². The van der Waals surface area contributed by atoms with Gasteiger partial charge in [-0.15, -0.1) is 0 Å². The zero-order chi connectivity index (χ0) is 22.7. The van der Waals surface area contributed by atoms with E-state index in [0.717, 1.165) is 0 Å². The average Bonchev–Trinajstić information content (AvgIpc) is 3.56. The third kappa shape index (κ3) is 4.34. The largest absolute Gasteiger partial charge is 0.265 e. The number of nitrogens with zero attached hydrogens (tertiary/aromatic N) is 4. The Kier molecular flexibility index (Phi) is 6.29. The molecule has 0 saturated heterocycles. The molecule has 6 heterocycles. The number of thioether (sulfide) groups is 4. The molecule has 2 aliphatic heterocycles. The van der Waals surface area contributed by atoms with E-state index in [1.807, 2.05) is 96.6 Å². The van der Waals surface area contributed by atoms with Crippen molar-refractivity contribution < 1.29 is 0 Å². The van der Waals surface area contributed by atoms with Crippen LogP contribution in [0.25, 0.3) is 19.6 Å². The fourth-order valence-electron chi connectivity index (χ4n) is 3.54. The molecule has 2 aliphatic rings. The van der Waals surface area contributed by atoms with E-state index in [-0.39, 0.29) is 0 Å². The van der Waals surface area contributed by atoms with Crippen LogP contribution in [0.2, 0.25) is 0 Å². The fraction of sp³-hybridized carbons (Fsp3) is 0. The first-order chi connectivity index (χ1) is 16.9. The number of hydrogen-bond donors (Lipinski definition) is 0. The highest BCUT2D eigenvalue weighted by molar-refractivity contribution is 8.39. The Morgan fingerprint density at radius 3 is 0.735 bits per heavy atom. The van der Waals surface area contributed by atoms with Gasteiger partial charge >= 0.3 is 0 Å². The van der Waals surface area contributed by atoms with Crippen LogP contribution in [0.1, 0.15) is 22.3 Å². The molecule has 0 spiro atoms. The molecule has 0 atom stereocenters. The molecule has 164 valence electrons. The molecule has 0 N–H and O–H groups in total. The van der Waals surface area contributed by atoms with Gasteiger partial charge in [-0.25, -0.2) is 0 Å². The van der Waals surface area contributed by atoms with Crippen molar-refractivity contribution in [1.82, 2.24) is 19.9 Å². The van der Waals surface area contributed by atoms with Gasteiger partial charge in [-0.1, -0.05) is 47.0 Å². The van der Waals surface area contributed by atoms with Crippen molar-refractivity contribution >= 4 is 66.7 Å². The van der Waals surface area contributed by atoms with Crippen LogP contribution < -0.4 is 0 Å². The van der Waals surface area contributed by atoms with Gasteiger partial charge in [0.25, 0.3) is 0 Å². The second-order valence-electron chi connectivity index (χ2n) is 7.24. The highest BCUT2D eigenvalue weighted by Gasteiger charge is 2.32. The monoisotopic (exact) mass is 512 g/mol. The lowest BCUT2D eigenvalue weighted by atomic mass is 10.2. The van der Waals surface area contributed by atoms with Gasteiger partial charge in [0.05, 0.1) is 8.47 Å². The van der Waals surface area contributed by atoms with Crippen LogP contribution in [0.4, 0.5) is 0 Å².